The number of rotatable bonds is 6. The standard InChI is InChI=1S/C12H16FNO3/c1-8(5-6-17-2)14-11-4-3-9(13)7-10(11)12(15)16/h3-4,7-8,14H,5-6H2,1-2H3,(H,15,16). The Balaban J connectivity index is 2.79. The third kappa shape index (κ3) is 4.03. The Bertz CT molecular complexity index is 395. The van der Waals surface area contributed by atoms with Gasteiger partial charge >= 0.3 is 5.97 Å². The number of carbonyl (C=O) groups is 1. The van der Waals surface area contributed by atoms with Gasteiger partial charge in [-0.2, -0.15) is 0 Å². The lowest BCUT2D eigenvalue weighted by Crippen LogP contribution is -2.19. The molecule has 94 valence electrons. The first-order chi connectivity index (χ1) is 8.04. The van der Waals surface area contributed by atoms with E-state index in [1.807, 2.05) is 6.92 Å². The first-order valence-corrected chi connectivity index (χ1v) is 5.33. The molecule has 1 rings (SSSR count). The largest absolute Gasteiger partial charge is 0.478 e. The Morgan fingerprint density at radius 3 is 2.88 bits per heavy atom. The third-order valence-electron chi connectivity index (χ3n) is 2.37. The van der Waals surface area contributed by atoms with Gasteiger partial charge < -0.3 is 15.2 Å². The summed E-state index contributed by atoms with van der Waals surface area (Å²) in [6, 6.07) is 3.73. The van der Waals surface area contributed by atoms with Gasteiger partial charge in [-0.15, -0.1) is 0 Å². The predicted molar refractivity (Wildman–Crippen MR) is 62.9 cm³/mol. The van der Waals surface area contributed by atoms with Crippen LogP contribution in [0.15, 0.2) is 18.2 Å². The Labute approximate surface area is 99.4 Å². The molecule has 0 radical (unpaired) electrons. The summed E-state index contributed by atoms with van der Waals surface area (Å²) < 4.78 is 17.9. The van der Waals surface area contributed by atoms with Crippen LogP contribution in [0.2, 0.25) is 0 Å². The van der Waals surface area contributed by atoms with Crippen molar-refractivity contribution in [2.75, 3.05) is 19.0 Å². The lowest BCUT2D eigenvalue weighted by atomic mass is 10.1. The van der Waals surface area contributed by atoms with Crippen LogP contribution in [-0.4, -0.2) is 30.8 Å². The topological polar surface area (TPSA) is 58.6 Å². The molecule has 4 nitrogen and oxygen atoms in total. The van der Waals surface area contributed by atoms with E-state index >= 15 is 0 Å². The zero-order valence-electron chi connectivity index (χ0n) is 9.87. The van der Waals surface area contributed by atoms with Crippen molar-refractivity contribution in [1.82, 2.24) is 0 Å². The van der Waals surface area contributed by atoms with Gasteiger partial charge in [0.05, 0.1) is 5.56 Å². The van der Waals surface area contributed by atoms with E-state index in [2.05, 4.69) is 5.32 Å². The van der Waals surface area contributed by atoms with Crippen molar-refractivity contribution in [3.05, 3.63) is 29.6 Å². The zero-order valence-corrected chi connectivity index (χ0v) is 9.87. The number of carboxylic acid groups (broad SMARTS) is 1. The van der Waals surface area contributed by atoms with Crippen LogP contribution in [0.1, 0.15) is 23.7 Å². The molecule has 1 unspecified atom stereocenters. The number of hydrogen-bond acceptors (Lipinski definition) is 3. The normalized spacial score (nSPS) is 12.2. The van der Waals surface area contributed by atoms with Gasteiger partial charge in [0, 0.05) is 25.4 Å². The highest BCUT2D eigenvalue weighted by molar-refractivity contribution is 5.94. The Morgan fingerprint density at radius 1 is 1.59 bits per heavy atom. The van der Waals surface area contributed by atoms with Crippen LogP contribution >= 0.6 is 0 Å². The van der Waals surface area contributed by atoms with Gasteiger partial charge in [-0.3, -0.25) is 0 Å². The monoisotopic (exact) mass is 241 g/mol. The van der Waals surface area contributed by atoms with Crippen molar-refractivity contribution >= 4 is 11.7 Å². The van der Waals surface area contributed by atoms with Crippen molar-refractivity contribution in [2.45, 2.75) is 19.4 Å². The van der Waals surface area contributed by atoms with Crippen LogP contribution in [0.25, 0.3) is 0 Å². The summed E-state index contributed by atoms with van der Waals surface area (Å²) in [5.41, 5.74) is 0.358. The van der Waals surface area contributed by atoms with Crippen molar-refractivity contribution in [3.63, 3.8) is 0 Å². The average molecular weight is 241 g/mol. The number of benzene rings is 1. The molecule has 0 fully saturated rings. The molecular weight excluding hydrogens is 225 g/mol. The van der Waals surface area contributed by atoms with Gasteiger partial charge in [0.15, 0.2) is 0 Å². The predicted octanol–water partition coefficient (Wildman–Crippen LogP) is 2.36. The van der Waals surface area contributed by atoms with Crippen LogP contribution in [-0.2, 0) is 4.74 Å². The second kappa shape index (κ2) is 6.20. The van der Waals surface area contributed by atoms with Crippen molar-refractivity contribution in [2.24, 2.45) is 0 Å². The number of carboxylic acids is 1. The van der Waals surface area contributed by atoms with Gasteiger partial charge in [0.25, 0.3) is 0 Å². The quantitative estimate of drug-likeness (QED) is 0.802. The molecule has 1 aromatic rings. The maximum absolute atomic E-state index is 12.9. The summed E-state index contributed by atoms with van der Waals surface area (Å²) in [4.78, 5) is 10.9. The van der Waals surface area contributed by atoms with E-state index in [0.29, 0.717) is 12.3 Å². The van der Waals surface area contributed by atoms with Gasteiger partial charge in [-0.05, 0) is 31.5 Å². The van der Waals surface area contributed by atoms with Gasteiger partial charge in [0.2, 0.25) is 0 Å². The van der Waals surface area contributed by atoms with Gasteiger partial charge in [-0.25, -0.2) is 9.18 Å². The minimum Gasteiger partial charge on any atom is -0.478 e. The van der Waals surface area contributed by atoms with E-state index in [4.69, 9.17) is 9.84 Å². The third-order valence-corrected chi connectivity index (χ3v) is 2.37. The van der Waals surface area contributed by atoms with Crippen LogP contribution in [0, 0.1) is 5.82 Å². The highest BCUT2D eigenvalue weighted by Crippen LogP contribution is 2.18. The smallest absolute Gasteiger partial charge is 0.337 e. The van der Waals surface area contributed by atoms with E-state index in [1.165, 1.54) is 12.1 Å². The number of halogens is 1. The number of ether oxygens (including phenoxy) is 1. The maximum Gasteiger partial charge on any atom is 0.337 e. The highest BCUT2D eigenvalue weighted by atomic mass is 19.1. The summed E-state index contributed by atoms with van der Waals surface area (Å²) >= 11 is 0. The second-order valence-corrected chi connectivity index (χ2v) is 3.82. The fourth-order valence-corrected chi connectivity index (χ4v) is 1.45. The SMILES string of the molecule is COCCC(C)Nc1ccc(F)cc1C(=O)O. The Morgan fingerprint density at radius 2 is 2.29 bits per heavy atom. The molecule has 0 saturated heterocycles. The molecule has 17 heavy (non-hydrogen) atoms. The number of hydrogen-bond donors (Lipinski definition) is 2. The number of nitrogens with one attached hydrogen (secondary N) is 1. The molecule has 1 atom stereocenters. The minimum atomic E-state index is -1.15. The molecule has 0 aliphatic rings. The summed E-state index contributed by atoms with van der Waals surface area (Å²) in [6.07, 6.45) is 0.743. The molecule has 0 heterocycles. The molecule has 2 N–H and O–H groups in total. The molecule has 0 aliphatic heterocycles. The van der Waals surface area contributed by atoms with E-state index in [0.717, 1.165) is 12.5 Å². The highest BCUT2D eigenvalue weighted by Gasteiger charge is 2.12. The number of aromatic carboxylic acids is 1. The minimum absolute atomic E-state index is 0.0542. The van der Waals surface area contributed by atoms with Crippen LogP contribution in [0.3, 0.4) is 0 Å². The van der Waals surface area contributed by atoms with Crippen molar-refractivity contribution in [1.29, 1.82) is 0 Å². The number of methoxy groups -OCH3 is 1. The van der Waals surface area contributed by atoms with E-state index in [-0.39, 0.29) is 11.6 Å². The fourth-order valence-electron chi connectivity index (χ4n) is 1.45. The summed E-state index contributed by atoms with van der Waals surface area (Å²) in [6.45, 7) is 2.49. The zero-order chi connectivity index (χ0) is 12.8. The molecule has 0 aliphatic carbocycles. The number of anilines is 1. The second-order valence-electron chi connectivity index (χ2n) is 3.82. The first kappa shape index (κ1) is 13.4. The maximum atomic E-state index is 12.9. The van der Waals surface area contributed by atoms with Crippen LogP contribution in [0.5, 0.6) is 0 Å². The Kier molecular flexibility index (Phi) is 4.90. The van der Waals surface area contributed by atoms with Crippen LogP contribution in [0.4, 0.5) is 10.1 Å². The van der Waals surface area contributed by atoms with Crippen molar-refractivity contribution in [3.8, 4) is 0 Å². The summed E-state index contributed by atoms with van der Waals surface area (Å²) in [7, 11) is 1.60. The molecule has 0 bridgehead atoms. The van der Waals surface area contributed by atoms with E-state index in [9.17, 15) is 9.18 Å². The van der Waals surface area contributed by atoms with Crippen molar-refractivity contribution < 1.29 is 19.0 Å². The molecule has 0 saturated carbocycles. The van der Waals surface area contributed by atoms with E-state index in [1.54, 1.807) is 7.11 Å². The average Bonchev–Trinajstić information content (AvgIpc) is 2.28. The summed E-state index contributed by atoms with van der Waals surface area (Å²) in [5.74, 6) is -1.71. The van der Waals surface area contributed by atoms with Gasteiger partial charge in [0.1, 0.15) is 5.82 Å². The molecule has 0 aromatic heterocycles. The molecular formula is C12H16FNO3. The molecule has 0 amide bonds. The lowest BCUT2D eigenvalue weighted by molar-refractivity contribution is 0.0697. The molecule has 0 spiro atoms. The molecule has 1 aromatic carbocycles. The Hall–Kier alpha value is -1.62. The van der Waals surface area contributed by atoms with E-state index < -0.39 is 11.8 Å². The first-order valence-electron chi connectivity index (χ1n) is 5.33. The molecule has 5 heteroatoms. The van der Waals surface area contributed by atoms with Gasteiger partial charge in [-0.1, -0.05) is 0 Å². The lowest BCUT2D eigenvalue weighted by Gasteiger charge is -2.16. The van der Waals surface area contributed by atoms with Crippen LogP contribution < -0.4 is 5.32 Å². The summed E-state index contributed by atoms with van der Waals surface area (Å²) in [5, 5.41) is 12.0. The fraction of sp³-hybridized carbons (Fsp3) is 0.417.